The number of alkyl halides is 6. The second-order valence-corrected chi connectivity index (χ2v) is 9.52. The third-order valence-corrected chi connectivity index (χ3v) is 7.29. The summed E-state index contributed by atoms with van der Waals surface area (Å²) in [6, 6.07) is 1.94. The molecule has 0 spiro atoms. The third kappa shape index (κ3) is 3.47. The van der Waals surface area contributed by atoms with E-state index in [1.807, 2.05) is 0 Å². The molecule has 0 atom stereocenters. The lowest BCUT2D eigenvalue weighted by Gasteiger charge is -2.26. The van der Waals surface area contributed by atoms with E-state index in [2.05, 4.69) is 0 Å². The van der Waals surface area contributed by atoms with E-state index in [1.165, 1.54) is 0 Å². The fourth-order valence-corrected chi connectivity index (χ4v) is 5.87. The van der Waals surface area contributed by atoms with Crippen molar-refractivity contribution in [1.82, 2.24) is 0 Å². The van der Waals surface area contributed by atoms with Crippen molar-refractivity contribution in [2.24, 2.45) is 0 Å². The molecule has 168 valence electrons. The minimum absolute atomic E-state index is 0.0210. The number of carbonyl (C=O) groups is 2. The lowest BCUT2D eigenvalue weighted by Crippen LogP contribution is -2.49. The first kappa shape index (κ1) is 23.7. The molecule has 3 rings (SSSR count). The molecule has 0 bridgehead atoms. The summed E-state index contributed by atoms with van der Waals surface area (Å²) >= 11 is 1.63. The first-order valence-corrected chi connectivity index (χ1v) is 11.2. The lowest BCUT2D eigenvalue weighted by molar-refractivity contribution is -0.254. The molecule has 0 saturated carbocycles. The second-order valence-electron chi connectivity index (χ2n) is 7.18. The number of aldehydes is 2. The zero-order valence-electron chi connectivity index (χ0n) is 16.5. The highest BCUT2D eigenvalue weighted by Gasteiger charge is 2.80. The zero-order valence-corrected chi connectivity index (χ0v) is 18.2. The van der Waals surface area contributed by atoms with Gasteiger partial charge in [-0.1, -0.05) is 26.7 Å². The molecule has 0 unspecified atom stereocenters. The van der Waals surface area contributed by atoms with Gasteiger partial charge in [-0.05, 0) is 36.1 Å². The van der Waals surface area contributed by atoms with E-state index in [0.29, 0.717) is 25.4 Å². The Labute approximate surface area is 182 Å². The van der Waals surface area contributed by atoms with Gasteiger partial charge in [0.2, 0.25) is 0 Å². The van der Waals surface area contributed by atoms with Crippen molar-refractivity contribution >= 4 is 46.4 Å². The molecule has 0 radical (unpaired) electrons. The number of aryl methyl sites for hydroxylation is 2. The molecule has 0 saturated heterocycles. The maximum atomic E-state index is 15.0. The fraction of sp³-hybridized carbons (Fsp3) is 0.429. The fourth-order valence-electron chi connectivity index (χ4n) is 3.70. The highest BCUT2D eigenvalue weighted by Crippen LogP contribution is 2.65. The topological polar surface area (TPSA) is 34.1 Å². The van der Waals surface area contributed by atoms with Gasteiger partial charge in [0, 0.05) is 20.9 Å². The van der Waals surface area contributed by atoms with Gasteiger partial charge >= 0.3 is 17.8 Å². The van der Waals surface area contributed by atoms with Crippen molar-refractivity contribution in [3.63, 3.8) is 0 Å². The standard InChI is InChI=1S/C21H18F6O2S2/c1-3-5-15-13(7-11(9-28)30-15)17-18(20(24,25)21(26,27)19(17,22)23)14-8-12(10-29)31-16(14)6-4-2/h7-10H,3-6H2,1-2H3. The first-order chi connectivity index (χ1) is 14.5. The number of halogens is 6. The molecule has 1 aliphatic rings. The minimum atomic E-state index is -5.68. The molecule has 0 aliphatic heterocycles. The van der Waals surface area contributed by atoms with Gasteiger partial charge in [-0.25, -0.2) is 0 Å². The summed E-state index contributed by atoms with van der Waals surface area (Å²) in [5.41, 5.74) is -3.87. The van der Waals surface area contributed by atoms with Crippen molar-refractivity contribution in [3.05, 3.63) is 42.8 Å². The summed E-state index contributed by atoms with van der Waals surface area (Å²) in [4.78, 5) is 22.7. The molecule has 10 heteroatoms. The van der Waals surface area contributed by atoms with Crippen LogP contribution in [0, 0.1) is 0 Å². The van der Waals surface area contributed by atoms with Gasteiger partial charge in [0.25, 0.3) is 0 Å². The maximum absolute atomic E-state index is 15.0. The van der Waals surface area contributed by atoms with E-state index in [9.17, 15) is 18.4 Å². The van der Waals surface area contributed by atoms with Crippen molar-refractivity contribution in [2.75, 3.05) is 0 Å². The Morgan fingerprint density at radius 1 is 0.742 bits per heavy atom. The van der Waals surface area contributed by atoms with Crippen molar-refractivity contribution in [3.8, 4) is 0 Å². The molecule has 0 amide bonds. The Bertz CT molecular complexity index is 968. The molecule has 2 nitrogen and oxygen atoms in total. The highest BCUT2D eigenvalue weighted by atomic mass is 32.1. The van der Waals surface area contributed by atoms with Crippen molar-refractivity contribution in [1.29, 1.82) is 0 Å². The molecular formula is C21H18F6O2S2. The molecule has 31 heavy (non-hydrogen) atoms. The summed E-state index contributed by atoms with van der Waals surface area (Å²) in [7, 11) is 0. The summed E-state index contributed by atoms with van der Waals surface area (Å²) in [6.07, 6.45) is 1.91. The molecule has 2 aromatic heterocycles. The number of allylic oxidation sites excluding steroid dienone is 2. The van der Waals surface area contributed by atoms with E-state index >= 15 is 17.6 Å². The van der Waals surface area contributed by atoms with Crippen LogP contribution in [0.2, 0.25) is 0 Å². The van der Waals surface area contributed by atoms with Crippen LogP contribution in [0.4, 0.5) is 26.3 Å². The SMILES string of the molecule is CCCc1sc(C=O)cc1C1=C(c2cc(C=O)sc2CCC)C(F)(F)C(F)(F)C1(F)F. The average molecular weight is 480 g/mol. The highest BCUT2D eigenvalue weighted by molar-refractivity contribution is 7.14. The Hall–Kier alpha value is -1.94. The van der Waals surface area contributed by atoms with Crippen LogP contribution in [-0.4, -0.2) is 30.3 Å². The van der Waals surface area contributed by atoms with Crippen LogP contribution in [0.15, 0.2) is 12.1 Å². The number of hydrogen-bond acceptors (Lipinski definition) is 4. The molecule has 2 aromatic rings. The largest absolute Gasteiger partial charge is 0.380 e. The smallest absolute Gasteiger partial charge is 0.297 e. The third-order valence-electron chi connectivity index (χ3n) is 5.05. The predicted molar refractivity (Wildman–Crippen MR) is 109 cm³/mol. The van der Waals surface area contributed by atoms with Gasteiger partial charge in [-0.3, -0.25) is 9.59 Å². The quantitative estimate of drug-likeness (QED) is 0.297. The predicted octanol–water partition coefficient (Wildman–Crippen LogP) is 7.17. The number of rotatable bonds is 8. The van der Waals surface area contributed by atoms with Crippen LogP contribution in [-0.2, 0) is 12.8 Å². The number of carbonyl (C=O) groups excluding carboxylic acids is 2. The Morgan fingerprint density at radius 2 is 1.10 bits per heavy atom. The van der Waals surface area contributed by atoms with Crippen LogP contribution < -0.4 is 0 Å². The lowest BCUT2D eigenvalue weighted by atomic mass is 9.93. The monoisotopic (exact) mass is 480 g/mol. The molecule has 0 N–H and O–H groups in total. The van der Waals surface area contributed by atoms with Crippen molar-refractivity contribution < 1.29 is 35.9 Å². The second kappa shape index (κ2) is 8.20. The van der Waals surface area contributed by atoms with Gasteiger partial charge in [-0.15, -0.1) is 22.7 Å². The molecule has 2 heterocycles. The normalized spacial score (nSPS) is 19.1. The van der Waals surface area contributed by atoms with Gasteiger partial charge in [-0.2, -0.15) is 26.3 Å². The molecule has 0 fully saturated rings. The van der Waals surface area contributed by atoms with Gasteiger partial charge < -0.3 is 0 Å². The number of hydrogen-bond donors (Lipinski definition) is 0. The van der Waals surface area contributed by atoms with Crippen LogP contribution in [0.25, 0.3) is 11.1 Å². The van der Waals surface area contributed by atoms with Gasteiger partial charge in [0.15, 0.2) is 12.6 Å². The summed E-state index contributed by atoms with van der Waals surface area (Å²) in [5.74, 6) is -16.0. The number of thiophene rings is 2. The minimum Gasteiger partial charge on any atom is -0.297 e. The van der Waals surface area contributed by atoms with Crippen LogP contribution >= 0.6 is 22.7 Å². The summed E-state index contributed by atoms with van der Waals surface area (Å²) in [5, 5.41) is 0. The molecule has 0 aromatic carbocycles. The summed E-state index contributed by atoms with van der Waals surface area (Å²) in [6.45, 7) is 3.42. The van der Waals surface area contributed by atoms with Crippen molar-refractivity contribution in [2.45, 2.75) is 57.3 Å². The van der Waals surface area contributed by atoms with Crippen LogP contribution in [0.3, 0.4) is 0 Å². The van der Waals surface area contributed by atoms with E-state index < -0.39 is 40.0 Å². The van der Waals surface area contributed by atoms with E-state index in [4.69, 9.17) is 0 Å². The van der Waals surface area contributed by atoms with E-state index in [0.717, 1.165) is 34.8 Å². The molecular weight excluding hydrogens is 462 g/mol. The average Bonchev–Trinajstić information content (AvgIpc) is 3.31. The molecule has 1 aliphatic carbocycles. The first-order valence-electron chi connectivity index (χ1n) is 9.53. The summed E-state index contributed by atoms with van der Waals surface area (Å²) < 4.78 is 89.0. The van der Waals surface area contributed by atoms with E-state index in [-0.39, 0.29) is 32.4 Å². The zero-order chi connectivity index (χ0) is 23.2. The van der Waals surface area contributed by atoms with Crippen LogP contribution in [0.1, 0.15) is 66.9 Å². The Balaban J connectivity index is 2.46. The Kier molecular flexibility index (Phi) is 6.27. The Morgan fingerprint density at radius 3 is 1.39 bits per heavy atom. The maximum Gasteiger partial charge on any atom is 0.380 e. The van der Waals surface area contributed by atoms with Gasteiger partial charge in [0.1, 0.15) is 0 Å². The van der Waals surface area contributed by atoms with Crippen LogP contribution in [0.5, 0.6) is 0 Å². The van der Waals surface area contributed by atoms with Gasteiger partial charge in [0.05, 0.1) is 9.75 Å². The van der Waals surface area contributed by atoms with E-state index in [1.54, 1.807) is 13.8 Å².